The molecule has 1 heterocycles. The van der Waals surface area contributed by atoms with Gasteiger partial charge in [0.25, 0.3) is 0 Å². The molecule has 1 atom stereocenters. The van der Waals surface area contributed by atoms with Gasteiger partial charge in [-0.05, 0) is 40.9 Å². The first-order valence-electron chi connectivity index (χ1n) is 4.80. The van der Waals surface area contributed by atoms with Crippen molar-refractivity contribution in [2.24, 2.45) is 11.1 Å². The normalized spacial score (nSPS) is 20.7. The number of nitrogens with two attached hydrogens (primary N) is 1. The molecule has 0 radical (unpaired) electrons. The number of carbonyl (C=O) groups is 1. The minimum atomic E-state index is -0.759. The van der Waals surface area contributed by atoms with Gasteiger partial charge in [0, 0.05) is 4.88 Å². The zero-order valence-corrected chi connectivity index (χ0v) is 10.5. The van der Waals surface area contributed by atoms with E-state index in [0.29, 0.717) is 12.8 Å². The largest absolute Gasteiger partial charge is 0.481 e. The minimum absolute atomic E-state index is 0.375. The van der Waals surface area contributed by atoms with E-state index >= 15 is 0 Å². The SMILES string of the molecule is NC(c1ccc(Br)s1)C1(C(=O)O)CCC1. The van der Waals surface area contributed by atoms with Crippen molar-refractivity contribution in [1.29, 1.82) is 0 Å². The Bertz CT molecular complexity index is 387. The summed E-state index contributed by atoms with van der Waals surface area (Å²) in [5.41, 5.74) is 5.34. The van der Waals surface area contributed by atoms with Crippen molar-refractivity contribution < 1.29 is 9.90 Å². The molecule has 1 aromatic heterocycles. The fourth-order valence-corrected chi connectivity index (χ4v) is 3.53. The number of carboxylic acids is 1. The molecule has 1 unspecified atom stereocenters. The predicted molar refractivity (Wildman–Crippen MR) is 62.9 cm³/mol. The van der Waals surface area contributed by atoms with Gasteiger partial charge in [-0.2, -0.15) is 0 Å². The predicted octanol–water partition coefficient (Wildman–Crippen LogP) is 2.77. The molecular formula is C10H12BrNO2S. The first kappa shape index (κ1) is 11.1. The fourth-order valence-electron chi connectivity index (χ4n) is 1.98. The van der Waals surface area contributed by atoms with Crippen molar-refractivity contribution in [3.63, 3.8) is 0 Å². The number of halogens is 1. The third-order valence-electron chi connectivity index (χ3n) is 3.17. The van der Waals surface area contributed by atoms with Gasteiger partial charge in [0.1, 0.15) is 0 Å². The second kappa shape index (κ2) is 3.88. The molecule has 1 fully saturated rings. The van der Waals surface area contributed by atoms with Crippen molar-refractivity contribution >= 4 is 33.2 Å². The average Bonchev–Trinajstić information content (AvgIpc) is 2.48. The second-order valence-corrected chi connectivity index (χ2v) is 6.43. The van der Waals surface area contributed by atoms with Crippen LogP contribution in [0, 0.1) is 5.41 Å². The van der Waals surface area contributed by atoms with E-state index in [9.17, 15) is 9.90 Å². The van der Waals surface area contributed by atoms with Crippen molar-refractivity contribution in [1.82, 2.24) is 0 Å². The monoisotopic (exact) mass is 289 g/mol. The molecule has 0 bridgehead atoms. The first-order valence-corrected chi connectivity index (χ1v) is 6.41. The molecule has 1 aliphatic rings. The molecule has 1 aliphatic carbocycles. The highest BCUT2D eigenvalue weighted by molar-refractivity contribution is 9.11. The summed E-state index contributed by atoms with van der Waals surface area (Å²) >= 11 is 4.88. The summed E-state index contributed by atoms with van der Waals surface area (Å²) in [5.74, 6) is -0.759. The van der Waals surface area contributed by atoms with Crippen LogP contribution in [0.1, 0.15) is 30.2 Å². The van der Waals surface area contributed by atoms with E-state index in [1.165, 1.54) is 11.3 Å². The number of rotatable bonds is 3. The molecule has 0 aromatic carbocycles. The maximum Gasteiger partial charge on any atom is 0.311 e. The lowest BCUT2D eigenvalue weighted by Crippen LogP contribution is -2.46. The number of thiophene rings is 1. The van der Waals surface area contributed by atoms with Gasteiger partial charge in [-0.3, -0.25) is 4.79 Å². The number of hydrogen-bond acceptors (Lipinski definition) is 3. The van der Waals surface area contributed by atoms with Crippen molar-refractivity contribution in [3.8, 4) is 0 Å². The summed E-state index contributed by atoms with van der Waals surface area (Å²) in [7, 11) is 0. The van der Waals surface area contributed by atoms with Crippen LogP contribution in [0.4, 0.5) is 0 Å². The number of aliphatic carboxylic acids is 1. The Morgan fingerprint density at radius 3 is 2.60 bits per heavy atom. The smallest absolute Gasteiger partial charge is 0.311 e. The van der Waals surface area contributed by atoms with Crippen LogP contribution in [-0.4, -0.2) is 11.1 Å². The van der Waals surface area contributed by atoms with Gasteiger partial charge in [0.15, 0.2) is 0 Å². The summed E-state index contributed by atoms with van der Waals surface area (Å²) in [4.78, 5) is 12.2. The molecule has 1 saturated carbocycles. The lowest BCUT2D eigenvalue weighted by molar-refractivity contribution is -0.156. The molecule has 15 heavy (non-hydrogen) atoms. The van der Waals surface area contributed by atoms with Crippen LogP contribution >= 0.6 is 27.3 Å². The molecule has 0 saturated heterocycles. The number of carboxylic acid groups (broad SMARTS) is 1. The fraction of sp³-hybridized carbons (Fsp3) is 0.500. The molecular weight excluding hydrogens is 278 g/mol. The van der Waals surface area contributed by atoms with E-state index in [4.69, 9.17) is 5.73 Å². The molecule has 0 spiro atoms. The number of hydrogen-bond donors (Lipinski definition) is 2. The Morgan fingerprint density at radius 2 is 2.27 bits per heavy atom. The van der Waals surface area contributed by atoms with Crippen LogP contribution in [-0.2, 0) is 4.79 Å². The maximum atomic E-state index is 11.2. The molecule has 0 aliphatic heterocycles. The van der Waals surface area contributed by atoms with Gasteiger partial charge in [0.05, 0.1) is 15.2 Å². The topological polar surface area (TPSA) is 63.3 Å². The van der Waals surface area contributed by atoms with Gasteiger partial charge in [-0.1, -0.05) is 6.42 Å². The van der Waals surface area contributed by atoms with Gasteiger partial charge in [0.2, 0.25) is 0 Å². The zero-order valence-electron chi connectivity index (χ0n) is 8.07. The Labute approximate surface area is 100 Å². The lowest BCUT2D eigenvalue weighted by Gasteiger charge is -2.41. The van der Waals surface area contributed by atoms with Gasteiger partial charge in [-0.15, -0.1) is 11.3 Å². The Morgan fingerprint density at radius 1 is 1.60 bits per heavy atom. The highest BCUT2D eigenvalue weighted by atomic mass is 79.9. The van der Waals surface area contributed by atoms with Crippen LogP contribution in [0.15, 0.2) is 15.9 Å². The van der Waals surface area contributed by atoms with Gasteiger partial charge in [-0.25, -0.2) is 0 Å². The lowest BCUT2D eigenvalue weighted by atomic mass is 9.64. The Balaban J connectivity index is 2.26. The van der Waals surface area contributed by atoms with Crippen LogP contribution in [0.25, 0.3) is 0 Å². The minimum Gasteiger partial charge on any atom is -0.481 e. The average molecular weight is 290 g/mol. The van der Waals surface area contributed by atoms with Crippen molar-refractivity contribution in [3.05, 3.63) is 20.8 Å². The Kier molecular flexibility index (Phi) is 2.87. The van der Waals surface area contributed by atoms with Crippen molar-refractivity contribution in [2.75, 3.05) is 0 Å². The Hall–Kier alpha value is -0.390. The molecule has 5 heteroatoms. The summed E-state index contributed by atoms with van der Waals surface area (Å²) in [6.45, 7) is 0. The van der Waals surface area contributed by atoms with Crippen LogP contribution < -0.4 is 5.73 Å². The summed E-state index contributed by atoms with van der Waals surface area (Å²) in [6, 6.07) is 3.44. The molecule has 1 aromatic rings. The summed E-state index contributed by atoms with van der Waals surface area (Å²) in [6.07, 6.45) is 2.35. The van der Waals surface area contributed by atoms with Gasteiger partial charge < -0.3 is 10.8 Å². The highest BCUT2D eigenvalue weighted by Crippen LogP contribution is 2.50. The van der Waals surface area contributed by atoms with E-state index in [-0.39, 0.29) is 6.04 Å². The van der Waals surface area contributed by atoms with E-state index in [2.05, 4.69) is 15.9 Å². The van der Waals surface area contributed by atoms with E-state index in [1.807, 2.05) is 12.1 Å². The first-order chi connectivity index (χ1) is 7.06. The highest BCUT2D eigenvalue weighted by Gasteiger charge is 2.50. The van der Waals surface area contributed by atoms with Crippen LogP contribution in [0.2, 0.25) is 0 Å². The second-order valence-electron chi connectivity index (χ2n) is 3.93. The molecule has 0 amide bonds. The van der Waals surface area contributed by atoms with Crippen LogP contribution in [0.3, 0.4) is 0 Å². The van der Waals surface area contributed by atoms with Crippen LogP contribution in [0.5, 0.6) is 0 Å². The van der Waals surface area contributed by atoms with E-state index in [1.54, 1.807) is 0 Å². The van der Waals surface area contributed by atoms with E-state index in [0.717, 1.165) is 15.1 Å². The maximum absolute atomic E-state index is 11.2. The van der Waals surface area contributed by atoms with Crippen molar-refractivity contribution in [2.45, 2.75) is 25.3 Å². The third-order valence-corrected chi connectivity index (χ3v) is 4.87. The third kappa shape index (κ3) is 1.73. The molecule has 82 valence electrons. The van der Waals surface area contributed by atoms with Gasteiger partial charge >= 0.3 is 5.97 Å². The molecule has 2 rings (SSSR count). The molecule has 3 N–H and O–H groups in total. The quantitative estimate of drug-likeness (QED) is 0.899. The zero-order chi connectivity index (χ0) is 11.1. The standard InChI is InChI=1S/C10H12BrNO2S/c11-7-3-2-6(15-7)8(12)10(9(13)14)4-1-5-10/h2-3,8H,1,4-5,12H2,(H,13,14). The summed E-state index contributed by atoms with van der Waals surface area (Å²) < 4.78 is 0.993. The van der Waals surface area contributed by atoms with E-state index < -0.39 is 11.4 Å². The molecule has 3 nitrogen and oxygen atoms in total. The summed E-state index contributed by atoms with van der Waals surface area (Å²) in [5, 5.41) is 9.24.